The molecule has 20 N–H and O–H groups in total. The van der Waals surface area contributed by atoms with Crippen molar-refractivity contribution in [2.75, 3.05) is 19.6 Å². The van der Waals surface area contributed by atoms with E-state index < -0.39 is 126 Å². The van der Waals surface area contributed by atoms with Crippen LogP contribution in [-0.4, -0.2) is 154 Å². The molecule has 5 aromatic rings. The summed E-state index contributed by atoms with van der Waals surface area (Å²) in [5.74, 6) is -8.93. The van der Waals surface area contributed by atoms with Crippen LogP contribution in [0.5, 0.6) is 0 Å². The van der Waals surface area contributed by atoms with Crippen molar-refractivity contribution in [3.63, 3.8) is 0 Å². The molecule has 9 atom stereocenters. The molecule has 0 bridgehead atoms. The maximum Gasteiger partial charge on any atom is 0.322 e. The van der Waals surface area contributed by atoms with Gasteiger partial charge in [-0.2, -0.15) is 0 Å². The molecule has 0 aliphatic rings. The number of nitrogens with zero attached hydrogens (tertiary/aromatic N) is 1. The van der Waals surface area contributed by atoms with Crippen molar-refractivity contribution in [3.8, 4) is 0 Å². The summed E-state index contributed by atoms with van der Waals surface area (Å²) in [5.41, 5.74) is 26.0. The highest BCUT2D eigenvalue weighted by Gasteiger charge is 2.36. The van der Waals surface area contributed by atoms with Crippen LogP contribution in [0.4, 0.5) is 0 Å². The van der Waals surface area contributed by atoms with Crippen LogP contribution in [0.25, 0.3) is 21.8 Å². The minimum absolute atomic E-state index is 0.0377. The zero-order chi connectivity index (χ0) is 63.0. The number of benzene rings is 3. The van der Waals surface area contributed by atoms with Gasteiger partial charge in [-0.05, 0) is 94.2 Å². The number of nitrogens with two attached hydrogens (primary N) is 4. The molecule has 3 aromatic carbocycles. The van der Waals surface area contributed by atoms with Crippen LogP contribution in [0.15, 0.2) is 96.2 Å². The predicted octanol–water partition coefficient (Wildman–Crippen LogP) is -1.02. The van der Waals surface area contributed by atoms with Crippen molar-refractivity contribution in [2.45, 2.75) is 140 Å². The number of fused-ring (bicyclic) bond motifs is 2. The zero-order valence-corrected chi connectivity index (χ0v) is 49.0. The first-order chi connectivity index (χ1) is 40.9. The van der Waals surface area contributed by atoms with E-state index in [1.54, 1.807) is 68.7 Å². The number of aliphatic imine (C=N–C) groups is 1. The summed E-state index contributed by atoms with van der Waals surface area (Å²) in [5, 5.41) is 34.3. The fourth-order valence-electron chi connectivity index (χ4n) is 9.32. The Balaban J connectivity index is 1.43. The minimum atomic E-state index is -1.42. The quantitative estimate of drug-likeness (QED) is 0.0133. The van der Waals surface area contributed by atoms with E-state index >= 15 is 0 Å². The number of carboxylic acids is 1. The van der Waals surface area contributed by atoms with E-state index in [-0.39, 0.29) is 57.6 Å². The van der Waals surface area contributed by atoms with Crippen molar-refractivity contribution in [3.05, 3.63) is 108 Å². The van der Waals surface area contributed by atoms with Crippen LogP contribution in [0.2, 0.25) is 0 Å². The molecule has 2 heterocycles. The van der Waals surface area contributed by atoms with Crippen molar-refractivity contribution in [2.24, 2.45) is 33.8 Å². The molecule has 0 fully saturated rings. The Bertz CT molecular complexity index is 3180. The minimum Gasteiger partial charge on any atom is -0.480 e. The van der Waals surface area contributed by atoms with E-state index in [1.807, 2.05) is 36.4 Å². The van der Waals surface area contributed by atoms with Crippen LogP contribution in [0.3, 0.4) is 0 Å². The molecule has 0 radical (unpaired) electrons. The Morgan fingerprint density at radius 3 is 1.47 bits per heavy atom. The number of carboxylic acid groups (broad SMARTS) is 1. The molecule has 27 heteroatoms. The molecule has 0 unspecified atom stereocenters. The van der Waals surface area contributed by atoms with Gasteiger partial charge < -0.3 is 85.9 Å². The number of unbranched alkanes of at least 4 members (excludes halogenated alkanes) is 1. The van der Waals surface area contributed by atoms with Crippen LogP contribution < -0.4 is 70.8 Å². The first-order valence-corrected chi connectivity index (χ1v) is 28.5. The van der Waals surface area contributed by atoms with Crippen LogP contribution in [0, 0.1) is 5.92 Å². The molecule has 0 saturated carbocycles. The number of aromatic amines is 2. The summed E-state index contributed by atoms with van der Waals surface area (Å²) >= 11 is 0. The SMILES string of the molecule is CC(C)[C@H](NC(=O)[C@H](CCCCN)NC(=O)[C@H](Cc1ccccc1)NC(=O)[C@H](CCCN=C(N)N)NC(=O)[C@H](C)N)C(=O)N[C@@H](Cc1c[nH]c2ccccc12)C(=O)N[C@@H](Cc1c[nH]c2ccccc12)C(=O)N[C@@H](C)C(=O)N[C@@H](C)C(=O)NCC(=O)O. The first-order valence-electron chi connectivity index (χ1n) is 28.5. The Morgan fingerprint density at radius 2 is 0.942 bits per heavy atom. The van der Waals surface area contributed by atoms with E-state index in [2.05, 4.69) is 62.8 Å². The molecule has 0 aliphatic heterocycles. The van der Waals surface area contributed by atoms with Crippen molar-refractivity contribution in [1.29, 1.82) is 0 Å². The number of H-pyrrole nitrogens is 2. The monoisotopic (exact) mass is 1190 g/mol. The fourth-order valence-corrected chi connectivity index (χ4v) is 9.32. The number of nitrogens with one attached hydrogen (secondary N) is 11. The maximum absolute atomic E-state index is 15.0. The van der Waals surface area contributed by atoms with Crippen LogP contribution >= 0.6 is 0 Å². The van der Waals surface area contributed by atoms with Crippen molar-refractivity contribution >= 4 is 86.9 Å². The molecule has 2 aromatic heterocycles. The van der Waals surface area contributed by atoms with Gasteiger partial charge in [-0.1, -0.05) is 80.6 Å². The highest BCUT2D eigenvalue weighted by atomic mass is 16.4. The third-order valence-electron chi connectivity index (χ3n) is 14.1. The summed E-state index contributed by atoms with van der Waals surface area (Å²) in [6.45, 7) is 7.21. The third kappa shape index (κ3) is 20.8. The molecule has 27 nitrogen and oxygen atoms in total. The number of carbonyl (C=O) groups excluding carboxylic acids is 9. The summed E-state index contributed by atoms with van der Waals surface area (Å²) in [4.78, 5) is 147. The third-order valence-corrected chi connectivity index (χ3v) is 14.1. The van der Waals surface area contributed by atoms with Crippen molar-refractivity contribution < 1.29 is 53.1 Å². The lowest BCUT2D eigenvalue weighted by molar-refractivity contribution is -0.138. The van der Waals surface area contributed by atoms with Gasteiger partial charge in [-0.25, -0.2) is 0 Å². The molecule has 9 amide bonds. The van der Waals surface area contributed by atoms with Gasteiger partial charge in [0, 0.05) is 60.0 Å². The van der Waals surface area contributed by atoms with E-state index in [9.17, 15) is 47.9 Å². The molecule has 5 rings (SSSR count). The average Bonchev–Trinajstić information content (AvgIpc) is 3.89. The van der Waals surface area contributed by atoms with E-state index in [0.717, 1.165) is 21.8 Å². The summed E-state index contributed by atoms with van der Waals surface area (Å²) in [6.07, 6.45) is 4.30. The lowest BCUT2D eigenvalue weighted by Crippen LogP contribution is -2.61. The number of amides is 9. The zero-order valence-electron chi connectivity index (χ0n) is 49.0. The Morgan fingerprint density at radius 1 is 0.500 bits per heavy atom. The van der Waals surface area contributed by atoms with E-state index in [1.165, 1.54) is 20.8 Å². The molecule has 0 aliphatic carbocycles. The van der Waals surface area contributed by atoms with Gasteiger partial charge in [0.15, 0.2) is 5.96 Å². The van der Waals surface area contributed by atoms with E-state index in [4.69, 9.17) is 28.0 Å². The summed E-state index contributed by atoms with van der Waals surface area (Å²) in [6, 6.07) is 12.0. The standard InChI is InChI=1S/C59H82N16O11/c1-32(2)49(75-54(82)43(22-13-14-24-60)71-56(84)45(26-36-16-7-6-8-17-36)72-53(81)44(70-50(78)33(3)61)23-15-25-64-59(62)63)58(86)74-47(28-38-30-66-42-21-12-10-19-40(38)42)57(85)73-46(27-37-29-65-41-20-11-9-18-39(37)41)55(83)69-35(5)52(80)68-34(4)51(79)67-31-48(76)77/h6-12,16-21,29-30,32-35,43-47,49,65-66H,13-15,22-28,31,60-61H2,1-5H3,(H,67,79)(H,68,80)(H,69,83)(H,70,78)(H,71,84)(H,72,81)(H,73,85)(H,74,86)(H,75,82)(H,76,77)(H4,62,63,64)/t33-,34-,35-,43-,44-,45-,46-,47-,49-/m0/s1. The molecular formula is C59H82N16O11. The summed E-state index contributed by atoms with van der Waals surface area (Å²) < 4.78 is 0. The molecule has 464 valence electrons. The van der Waals surface area contributed by atoms with E-state index in [0.29, 0.717) is 29.5 Å². The predicted molar refractivity (Wildman–Crippen MR) is 323 cm³/mol. The Hall–Kier alpha value is -9.37. The number of aliphatic carboxylic acids is 1. The van der Waals surface area contributed by atoms with Gasteiger partial charge in [0.05, 0.1) is 6.04 Å². The van der Waals surface area contributed by atoms with Gasteiger partial charge in [0.25, 0.3) is 0 Å². The van der Waals surface area contributed by atoms with Gasteiger partial charge in [0.2, 0.25) is 53.2 Å². The molecule has 0 saturated heterocycles. The van der Waals surface area contributed by atoms with Gasteiger partial charge in [-0.15, -0.1) is 0 Å². The summed E-state index contributed by atoms with van der Waals surface area (Å²) in [7, 11) is 0. The Labute approximate surface area is 497 Å². The lowest BCUT2D eigenvalue weighted by atomic mass is 9.98. The smallest absolute Gasteiger partial charge is 0.322 e. The van der Waals surface area contributed by atoms with Gasteiger partial charge in [0.1, 0.15) is 54.9 Å². The second kappa shape index (κ2) is 33.2. The largest absolute Gasteiger partial charge is 0.480 e. The average molecular weight is 1190 g/mol. The normalized spacial score (nSPS) is 14.3. The molecular weight excluding hydrogens is 1110 g/mol. The topological polar surface area (TPSA) is 447 Å². The second-order valence-corrected chi connectivity index (χ2v) is 21.4. The molecule has 86 heavy (non-hydrogen) atoms. The number of aromatic nitrogens is 2. The maximum atomic E-state index is 15.0. The number of carbonyl (C=O) groups is 10. The number of para-hydroxylation sites is 2. The lowest BCUT2D eigenvalue weighted by Gasteiger charge is -2.29. The van der Waals surface area contributed by atoms with Crippen molar-refractivity contribution in [1.82, 2.24) is 57.8 Å². The molecule has 0 spiro atoms. The number of rotatable bonds is 34. The van der Waals surface area contributed by atoms with Gasteiger partial charge >= 0.3 is 5.97 Å². The number of hydrogen-bond acceptors (Lipinski definition) is 13. The fraction of sp³-hybridized carbons (Fsp3) is 0.441. The first kappa shape index (κ1) is 67.4. The number of guanidine groups is 1. The second-order valence-electron chi connectivity index (χ2n) is 21.4. The van der Waals surface area contributed by atoms with Crippen LogP contribution in [-0.2, 0) is 67.2 Å². The van der Waals surface area contributed by atoms with Crippen LogP contribution in [0.1, 0.15) is 83.4 Å². The highest BCUT2D eigenvalue weighted by Crippen LogP contribution is 2.22. The number of hydrogen-bond donors (Lipinski definition) is 16. The Kier molecular flexibility index (Phi) is 26.0. The van der Waals surface area contributed by atoms with Gasteiger partial charge in [-0.3, -0.25) is 52.9 Å². The highest BCUT2D eigenvalue weighted by molar-refractivity contribution is 5.99.